The molecule has 13 heteroatoms. The molecule has 1 aromatic heterocycles. The number of amides is 2. The number of hydrogen-bond donors (Lipinski definition) is 2. The Bertz CT molecular complexity index is 1760. The van der Waals surface area contributed by atoms with Crippen molar-refractivity contribution < 1.29 is 32.2 Å². The molecule has 48 heavy (non-hydrogen) atoms. The lowest BCUT2D eigenvalue weighted by molar-refractivity contribution is 0.0138. The molecule has 0 unspecified atom stereocenters. The van der Waals surface area contributed by atoms with Crippen molar-refractivity contribution in [3.8, 4) is 17.2 Å². The van der Waals surface area contributed by atoms with Crippen molar-refractivity contribution in [3.05, 3.63) is 71.0 Å². The number of rotatable bonds is 9. The summed E-state index contributed by atoms with van der Waals surface area (Å²) in [7, 11) is -2.20. The van der Waals surface area contributed by atoms with Gasteiger partial charge >= 0.3 is 6.09 Å². The molecule has 0 spiro atoms. The van der Waals surface area contributed by atoms with Crippen molar-refractivity contribution in [2.45, 2.75) is 66.0 Å². The lowest BCUT2D eigenvalue weighted by atomic mass is 9.86. The van der Waals surface area contributed by atoms with Gasteiger partial charge < -0.3 is 24.4 Å². The summed E-state index contributed by atoms with van der Waals surface area (Å²) in [6.45, 7) is 16.6. The van der Waals surface area contributed by atoms with E-state index in [1.54, 1.807) is 47.5 Å². The minimum Gasteiger partial charge on any atom is -0.492 e. The monoisotopic (exact) mass is 681 g/mol. The fourth-order valence-corrected chi connectivity index (χ4v) is 5.62. The van der Waals surface area contributed by atoms with Crippen molar-refractivity contribution in [1.29, 1.82) is 0 Å². The van der Waals surface area contributed by atoms with Gasteiger partial charge in [0.2, 0.25) is 10.0 Å². The smallest absolute Gasteiger partial charge is 0.410 e. The number of piperazine rings is 1. The van der Waals surface area contributed by atoms with Crippen LogP contribution in [0.3, 0.4) is 0 Å². The molecule has 12 nitrogen and oxygen atoms in total. The second-order valence-electron chi connectivity index (χ2n) is 14.0. The molecule has 1 aliphatic heterocycles. The molecule has 0 saturated carbocycles. The number of aryl methyl sites for hydroxylation is 1. The Balaban J connectivity index is 1.48. The summed E-state index contributed by atoms with van der Waals surface area (Å²) < 4.78 is 44.0. The van der Waals surface area contributed by atoms with Gasteiger partial charge in [-0.1, -0.05) is 26.8 Å². The molecule has 1 aliphatic rings. The molecule has 1 fully saturated rings. The number of anilines is 2. The summed E-state index contributed by atoms with van der Waals surface area (Å²) in [5, 5.41) is 2.90. The average Bonchev–Trinajstić information content (AvgIpc) is 2.96. The average molecular weight is 682 g/mol. The number of carbonyl (C=O) groups excluding carboxylic acids is 2. The maximum Gasteiger partial charge on any atom is 0.410 e. The van der Waals surface area contributed by atoms with Gasteiger partial charge in [0, 0.05) is 50.6 Å². The Hall–Kier alpha value is -4.36. The van der Waals surface area contributed by atoms with E-state index < -0.39 is 21.5 Å². The normalized spacial score (nSPS) is 14.3. The molecule has 2 amide bonds. The van der Waals surface area contributed by atoms with Gasteiger partial charge in [0.25, 0.3) is 5.91 Å². The van der Waals surface area contributed by atoms with E-state index in [1.165, 1.54) is 7.11 Å². The van der Waals surface area contributed by atoms with Crippen molar-refractivity contribution in [1.82, 2.24) is 14.8 Å². The highest BCUT2D eigenvalue weighted by Crippen LogP contribution is 2.39. The van der Waals surface area contributed by atoms with Crippen LogP contribution in [0.5, 0.6) is 17.2 Å². The molecule has 1 saturated heterocycles. The molecular weight excluding hydrogens is 634 g/mol. The van der Waals surface area contributed by atoms with E-state index in [4.69, 9.17) is 14.2 Å². The molecular formula is C35H47N5O7S. The highest BCUT2D eigenvalue weighted by molar-refractivity contribution is 7.92. The third-order valence-electron chi connectivity index (χ3n) is 7.58. The van der Waals surface area contributed by atoms with Gasteiger partial charge in [-0.15, -0.1) is 0 Å². The Labute approximate surface area is 283 Å². The number of carbonyl (C=O) groups is 2. The standard InChI is InChI=1S/C35H47N5O7S/c1-23-10-11-24(32(41)37-28-19-25(34(2,3)4)20-29(31(28)45-8)38-48(9,43)44)18-30(23)46-27-12-13-36-26(21-27)22-39-14-16-40(17-15-39)33(42)47-35(5,6)7/h10-13,18-21,38H,14-17,22H2,1-9H3,(H,37,41). The highest BCUT2D eigenvalue weighted by atomic mass is 32.2. The molecule has 2 N–H and O–H groups in total. The van der Waals surface area contributed by atoms with Crippen LogP contribution in [0, 0.1) is 6.92 Å². The van der Waals surface area contributed by atoms with Gasteiger partial charge in [0.1, 0.15) is 17.1 Å². The first kappa shape index (κ1) is 36.5. The Morgan fingerprint density at radius 3 is 2.21 bits per heavy atom. The molecule has 260 valence electrons. The van der Waals surface area contributed by atoms with Crippen molar-refractivity contribution >= 4 is 33.4 Å². The zero-order valence-corrected chi connectivity index (χ0v) is 30.1. The largest absolute Gasteiger partial charge is 0.492 e. The number of ether oxygens (including phenoxy) is 3. The summed E-state index contributed by atoms with van der Waals surface area (Å²) in [5.74, 6) is 0.848. The van der Waals surface area contributed by atoms with Crippen LogP contribution in [-0.4, -0.2) is 80.3 Å². The van der Waals surface area contributed by atoms with Crippen LogP contribution < -0.4 is 19.5 Å². The maximum atomic E-state index is 13.6. The molecule has 0 radical (unpaired) electrons. The number of pyridine rings is 1. The summed E-state index contributed by atoms with van der Waals surface area (Å²) in [4.78, 5) is 34.4. The van der Waals surface area contributed by atoms with E-state index in [-0.39, 0.29) is 22.9 Å². The molecule has 3 aromatic rings. The first-order valence-corrected chi connectivity index (χ1v) is 17.7. The van der Waals surface area contributed by atoms with Crippen molar-refractivity contribution in [2.75, 3.05) is 49.6 Å². The Kier molecular flexibility index (Phi) is 10.9. The summed E-state index contributed by atoms with van der Waals surface area (Å²) in [6, 6.07) is 12.3. The molecule has 0 atom stereocenters. The second kappa shape index (κ2) is 14.4. The number of hydrogen-bond acceptors (Lipinski definition) is 9. The summed E-state index contributed by atoms with van der Waals surface area (Å²) >= 11 is 0. The second-order valence-corrected chi connectivity index (χ2v) is 15.7. The quantitative estimate of drug-likeness (QED) is 0.272. The van der Waals surface area contributed by atoms with E-state index in [0.717, 1.165) is 23.1 Å². The number of methoxy groups -OCH3 is 1. The molecule has 0 bridgehead atoms. The molecule has 2 heterocycles. The topological polar surface area (TPSA) is 139 Å². The Morgan fingerprint density at radius 1 is 0.938 bits per heavy atom. The number of nitrogens with one attached hydrogen (secondary N) is 2. The van der Waals surface area contributed by atoms with Crippen molar-refractivity contribution in [3.63, 3.8) is 0 Å². The van der Waals surface area contributed by atoms with Crippen LogP contribution in [0.15, 0.2) is 48.7 Å². The van der Waals surface area contributed by atoms with Gasteiger partial charge in [-0.05, 0) is 74.6 Å². The number of benzene rings is 2. The Morgan fingerprint density at radius 2 is 1.60 bits per heavy atom. The van der Waals surface area contributed by atoms with Crippen LogP contribution >= 0.6 is 0 Å². The van der Waals surface area contributed by atoms with E-state index in [9.17, 15) is 18.0 Å². The molecule has 4 rings (SSSR count). The van der Waals surface area contributed by atoms with E-state index >= 15 is 0 Å². The lowest BCUT2D eigenvalue weighted by Gasteiger charge is -2.35. The third-order valence-corrected chi connectivity index (χ3v) is 8.17. The minimum atomic E-state index is -3.62. The van der Waals surface area contributed by atoms with Gasteiger partial charge in [0.05, 0.1) is 30.4 Å². The first-order chi connectivity index (χ1) is 22.3. The van der Waals surface area contributed by atoms with Crippen molar-refractivity contribution in [2.24, 2.45) is 0 Å². The predicted molar refractivity (Wildman–Crippen MR) is 187 cm³/mol. The molecule has 0 aliphatic carbocycles. The number of aromatic nitrogens is 1. The minimum absolute atomic E-state index is 0.195. The van der Waals surface area contributed by atoms with Gasteiger partial charge in [0.15, 0.2) is 5.75 Å². The van der Waals surface area contributed by atoms with Crippen LogP contribution in [0.25, 0.3) is 0 Å². The zero-order valence-electron chi connectivity index (χ0n) is 29.3. The van der Waals surface area contributed by atoms with Crippen LogP contribution in [-0.2, 0) is 26.7 Å². The zero-order chi connectivity index (χ0) is 35.4. The van der Waals surface area contributed by atoms with Gasteiger partial charge in [-0.3, -0.25) is 19.4 Å². The number of nitrogens with zero attached hydrogens (tertiary/aromatic N) is 3. The summed E-state index contributed by atoms with van der Waals surface area (Å²) in [6.07, 6.45) is 2.45. The summed E-state index contributed by atoms with van der Waals surface area (Å²) in [5.41, 5.74) is 2.47. The fraction of sp³-hybridized carbons (Fsp3) is 0.457. The third kappa shape index (κ3) is 10.1. The lowest BCUT2D eigenvalue weighted by Crippen LogP contribution is -2.49. The van der Waals surface area contributed by atoms with Crippen LogP contribution in [0.4, 0.5) is 16.2 Å². The van der Waals surface area contributed by atoms with Gasteiger partial charge in [-0.25, -0.2) is 13.2 Å². The number of sulfonamides is 1. The fourth-order valence-electron chi connectivity index (χ4n) is 5.07. The SMILES string of the molecule is COc1c(NC(=O)c2ccc(C)c(Oc3ccnc(CN4CCN(C(=O)OC(C)(C)C)CC4)c3)c2)cc(C(C)(C)C)cc1NS(C)(=O)=O. The highest BCUT2D eigenvalue weighted by Gasteiger charge is 2.26. The van der Waals surface area contributed by atoms with Crippen LogP contribution in [0.1, 0.15) is 68.7 Å². The van der Waals surface area contributed by atoms with Crippen LogP contribution in [0.2, 0.25) is 0 Å². The predicted octanol–water partition coefficient (Wildman–Crippen LogP) is 6.16. The van der Waals surface area contributed by atoms with Gasteiger partial charge in [-0.2, -0.15) is 0 Å². The van der Waals surface area contributed by atoms with E-state index in [2.05, 4.69) is 19.9 Å². The van der Waals surface area contributed by atoms with E-state index in [0.29, 0.717) is 55.5 Å². The van der Waals surface area contributed by atoms with E-state index in [1.807, 2.05) is 54.5 Å². The molecule has 2 aromatic carbocycles. The maximum absolute atomic E-state index is 13.6. The first-order valence-electron chi connectivity index (χ1n) is 15.8.